The van der Waals surface area contributed by atoms with Gasteiger partial charge in [0.05, 0.1) is 25.4 Å². The Balaban J connectivity index is 1.68. The first-order chi connectivity index (χ1) is 17.9. The van der Waals surface area contributed by atoms with Crippen LogP contribution in [0.3, 0.4) is 0 Å². The molecule has 0 radical (unpaired) electrons. The SMILES string of the molecule is CC(CCCCN1CCOCC1)C(CC1OC(C)(C)N(C(=O)OC(C)(C)C)[C@H]1CC1CCCCC1)C(N)=O. The maximum atomic E-state index is 13.5. The summed E-state index contributed by atoms with van der Waals surface area (Å²) in [6.07, 6.45) is 10.1. The Bertz CT molecular complexity index is 755. The molecule has 0 aromatic carbocycles. The summed E-state index contributed by atoms with van der Waals surface area (Å²) in [4.78, 5) is 30.4. The van der Waals surface area contributed by atoms with Crippen molar-refractivity contribution < 1.29 is 23.8 Å². The molecule has 220 valence electrons. The van der Waals surface area contributed by atoms with Crippen LogP contribution in [0.5, 0.6) is 0 Å². The summed E-state index contributed by atoms with van der Waals surface area (Å²) in [5.41, 5.74) is 4.59. The molecule has 2 saturated heterocycles. The van der Waals surface area contributed by atoms with Crippen LogP contribution < -0.4 is 5.73 Å². The van der Waals surface area contributed by atoms with E-state index in [4.69, 9.17) is 19.9 Å². The molecule has 2 aliphatic heterocycles. The van der Waals surface area contributed by atoms with E-state index in [1.54, 1.807) is 0 Å². The number of carbonyl (C=O) groups excluding carboxylic acids is 2. The lowest BCUT2D eigenvalue weighted by Crippen LogP contribution is -2.51. The van der Waals surface area contributed by atoms with Crippen molar-refractivity contribution in [2.45, 2.75) is 129 Å². The molecule has 3 unspecified atom stereocenters. The van der Waals surface area contributed by atoms with Crippen molar-refractivity contribution in [2.75, 3.05) is 32.8 Å². The van der Waals surface area contributed by atoms with E-state index in [1.807, 2.05) is 39.5 Å². The molecule has 3 aliphatic rings. The second-order valence-corrected chi connectivity index (χ2v) is 13.4. The van der Waals surface area contributed by atoms with Gasteiger partial charge in [-0.25, -0.2) is 4.79 Å². The highest BCUT2D eigenvalue weighted by Gasteiger charge is 2.52. The quantitative estimate of drug-likeness (QED) is 0.358. The molecule has 3 fully saturated rings. The van der Waals surface area contributed by atoms with Gasteiger partial charge in [0.25, 0.3) is 0 Å². The van der Waals surface area contributed by atoms with Crippen molar-refractivity contribution in [3.63, 3.8) is 0 Å². The van der Waals surface area contributed by atoms with Gasteiger partial charge in [0.15, 0.2) is 0 Å². The second-order valence-electron chi connectivity index (χ2n) is 13.4. The summed E-state index contributed by atoms with van der Waals surface area (Å²) < 4.78 is 17.9. The van der Waals surface area contributed by atoms with Gasteiger partial charge < -0.3 is 19.9 Å². The van der Waals surface area contributed by atoms with Crippen LogP contribution in [-0.4, -0.2) is 78.1 Å². The van der Waals surface area contributed by atoms with Crippen LogP contribution >= 0.6 is 0 Å². The molecule has 8 nitrogen and oxygen atoms in total. The number of ether oxygens (including phenoxy) is 3. The van der Waals surface area contributed by atoms with Gasteiger partial charge in [0, 0.05) is 19.0 Å². The smallest absolute Gasteiger partial charge is 0.412 e. The summed E-state index contributed by atoms with van der Waals surface area (Å²) >= 11 is 0. The Morgan fingerprint density at radius 1 is 1.08 bits per heavy atom. The van der Waals surface area contributed by atoms with Gasteiger partial charge in [-0.3, -0.25) is 14.6 Å². The number of carbonyl (C=O) groups is 2. The number of unbranched alkanes of at least 4 members (excludes halogenated alkanes) is 1. The maximum absolute atomic E-state index is 13.5. The zero-order chi connectivity index (χ0) is 27.9. The highest BCUT2D eigenvalue weighted by Crippen LogP contribution is 2.42. The van der Waals surface area contributed by atoms with Crippen LogP contribution in [0.15, 0.2) is 0 Å². The number of hydrogen-bond acceptors (Lipinski definition) is 6. The monoisotopic (exact) mass is 537 g/mol. The number of rotatable bonds is 11. The van der Waals surface area contributed by atoms with E-state index in [2.05, 4.69) is 11.8 Å². The summed E-state index contributed by atoms with van der Waals surface area (Å²) in [6, 6.07) is -0.127. The topological polar surface area (TPSA) is 94.3 Å². The van der Waals surface area contributed by atoms with E-state index in [0.29, 0.717) is 12.3 Å². The fourth-order valence-corrected chi connectivity index (χ4v) is 6.67. The van der Waals surface area contributed by atoms with Crippen molar-refractivity contribution in [1.29, 1.82) is 0 Å². The molecule has 1 saturated carbocycles. The zero-order valence-corrected chi connectivity index (χ0v) is 25.0. The molecule has 0 bridgehead atoms. The number of hydrogen-bond donors (Lipinski definition) is 1. The van der Waals surface area contributed by atoms with E-state index in [0.717, 1.165) is 58.5 Å². The van der Waals surface area contributed by atoms with Crippen molar-refractivity contribution in [1.82, 2.24) is 9.80 Å². The van der Waals surface area contributed by atoms with Gasteiger partial charge in [-0.1, -0.05) is 45.4 Å². The normalized spacial score (nSPS) is 26.7. The van der Waals surface area contributed by atoms with Gasteiger partial charge in [-0.2, -0.15) is 0 Å². The van der Waals surface area contributed by atoms with Crippen LogP contribution in [0.1, 0.15) is 106 Å². The molecular formula is C30H55N3O5. The molecular weight excluding hydrogens is 482 g/mol. The minimum Gasteiger partial charge on any atom is -0.444 e. The van der Waals surface area contributed by atoms with E-state index in [1.165, 1.54) is 32.1 Å². The van der Waals surface area contributed by atoms with Crippen molar-refractivity contribution in [3.05, 3.63) is 0 Å². The Kier molecular flexibility index (Phi) is 11.3. The van der Waals surface area contributed by atoms with Gasteiger partial charge in [0.1, 0.15) is 11.3 Å². The molecule has 38 heavy (non-hydrogen) atoms. The van der Waals surface area contributed by atoms with Crippen molar-refractivity contribution in [2.24, 2.45) is 23.5 Å². The minimum atomic E-state index is -0.810. The number of morpholine rings is 1. The largest absolute Gasteiger partial charge is 0.444 e. The molecule has 0 aromatic heterocycles. The lowest BCUT2D eigenvalue weighted by Gasteiger charge is -2.37. The molecule has 2 N–H and O–H groups in total. The summed E-state index contributed by atoms with van der Waals surface area (Å²) in [5.74, 6) is 0.170. The zero-order valence-electron chi connectivity index (χ0n) is 25.0. The van der Waals surface area contributed by atoms with Crippen molar-refractivity contribution >= 4 is 12.0 Å². The maximum Gasteiger partial charge on any atom is 0.412 e. The molecule has 3 rings (SSSR count). The third kappa shape index (κ3) is 9.09. The first-order valence-corrected chi connectivity index (χ1v) is 15.2. The second kappa shape index (κ2) is 13.8. The first-order valence-electron chi connectivity index (χ1n) is 15.2. The van der Waals surface area contributed by atoms with Crippen LogP contribution in [0.25, 0.3) is 0 Å². The van der Waals surface area contributed by atoms with Gasteiger partial charge >= 0.3 is 6.09 Å². The molecule has 2 heterocycles. The lowest BCUT2D eigenvalue weighted by atomic mass is 9.80. The van der Waals surface area contributed by atoms with Crippen LogP contribution in [0.2, 0.25) is 0 Å². The average molecular weight is 538 g/mol. The van der Waals surface area contributed by atoms with Crippen LogP contribution in [0.4, 0.5) is 4.79 Å². The number of primary amides is 1. The average Bonchev–Trinajstić information content (AvgIpc) is 3.09. The Labute approximate surface area is 231 Å². The predicted octanol–water partition coefficient (Wildman–Crippen LogP) is 5.33. The fraction of sp³-hybridized carbons (Fsp3) is 0.933. The molecule has 2 amide bonds. The molecule has 0 aromatic rings. The molecule has 4 atom stereocenters. The number of nitrogens with two attached hydrogens (primary N) is 1. The Morgan fingerprint density at radius 2 is 1.74 bits per heavy atom. The minimum absolute atomic E-state index is 0.127. The van der Waals surface area contributed by atoms with Gasteiger partial charge in [0.2, 0.25) is 5.91 Å². The predicted molar refractivity (Wildman–Crippen MR) is 150 cm³/mol. The Morgan fingerprint density at radius 3 is 2.34 bits per heavy atom. The molecule has 8 heteroatoms. The third-order valence-electron chi connectivity index (χ3n) is 8.70. The first kappa shape index (κ1) is 31.2. The van der Waals surface area contributed by atoms with Gasteiger partial charge in [-0.05, 0) is 78.7 Å². The third-order valence-corrected chi connectivity index (χ3v) is 8.70. The van der Waals surface area contributed by atoms with E-state index >= 15 is 0 Å². The van der Waals surface area contributed by atoms with Gasteiger partial charge in [-0.15, -0.1) is 0 Å². The van der Waals surface area contributed by atoms with E-state index in [9.17, 15) is 9.59 Å². The summed E-state index contributed by atoms with van der Waals surface area (Å²) in [7, 11) is 0. The highest BCUT2D eigenvalue weighted by atomic mass is 16.6. The standard InChI is InChI=1S/C30H55N3O5/c1-22(12-10-11-15-32-16-18-36-19-17-32)24(27(31)34)21-26-25(20-23-13-8-7-9-14-23)33(30(5,6)37-26)28(35)38-29(2,3)4/h22-26H,7-21H2,1-6H3,(H2,31,34)/t22?,24?,25-,26?/m0/s1. The molecule has 0 spiro atoms. The Hall–Kier alpha value is -1.38. The van der Waals surface area contributed by atoms with Crippen LogP contribution in [0, 0.1) is 17.8 Å². The van der Waals surface area contributed by atoms with E-state index in [-0.39, 0.29) is 36.0 Å². The van der Waals surface area contributed by atoms with Crippen molar-refractivity contribution in [3.8, 4) is 0 Å². The van der Waals surface area contributed by atoms with Crippen LogP contribution in [-0.2, 0) is 19.0 Å². The highest BCUT2D eigenvalue weighted by molar-refractivity contribution is 5.77. The fourth-order valence-electron chi connectivity index (χ4n) is 6.67. The number of nitrogens with zero attached hydrogens (tertiary/aromatic N) is 2. The number of amides is 2. The lowest BCUT2D eigenvalue weighted by molar-refractivity contribution is -0.126. The van der Waals surface area contributed by atoms with E-state index < -0.39 is 11.3 Å². The summed E-state index contributed by atoms with van der Waals surface area (Å²) in [6.45, 7) is 16.4. The molecule has 1 aliphatic carbocycles. The summed E-state index contributed by atoms with van der Waals surface area (Å²) in [5, 5.41) is 0.